The maximum atomic E-state index is 6.79. The summed E-state index contributed by atoms with van der Waals surface area (Å²) in [6, 6.07) is 79.2. The number of aromatic nitrogens is 5. The molecule has 0 aliphatic rings. The first-order chi connectivity index (χ1) is 33.2. The van der Waals surface area contributed by atoms with E-state index in [0.717, 1.165) is 83.2 Å². The summed E-state index contributed by atoms with van der Waals surface area (Å²) in [7, 11) is 0. The second-order valence-electron chi connectivity index (χ2n) is 17.2. The maximum Gasteiger partial charge on any atom is 0.164 e. The van der Waals surface area contributed by atoms with Gasteiger partial charge in [0.15, 0.2) is 17.5 Å². The average molecular weight is 856 g/mol. The van der Waals surface area contributed by atoms with E-state index in [4.69, 9.17) is 19.4 Å². The lowest BCUT2D eigenvalue weighted by Gasteiger charge is -2.17. The molecule has 0 N–H and O–H groups in total. The summed E-state index contributed by atoms with van der Waals surface area (Å²) in [6.07, 6.45) is 0. The van der Waals surface area contributed by atoms with Gasteiger partial charge in [-0.2, -0.15) is 0 Å². The van der Waals surface area contributed by atoms with Crippen LogP contribution in [-0.4, -0.2) is 24.1 Å². The van der Waals surface area contributed by atoms with E-state index in [1.807, 2.05) is 30.3 Å². The zero-order valence-corrected chi connectivity index (χ0v) is 36.0. The number of hydrogen-bond donors (Lipinski definition) is 0. The second-order valence-corrected chi connectivity index (χ2v) is 17.2. The van der Waals surface area contributed by atoms with Gasteiger partial charge in [0.2, 0.25) is 0 Å². The van der Waals surface area contributed by atoms with Gasteiger partial charge in [-0.15, -0.1) is 0 Å². The van der Waals surface area contributed by atoms with Gasteiger partial charge in [-0.05, 0) is 77.5 Å². The van der Waals surface area contributed by atoms with Crippen LogP contribution in [0.1, 0.15) is 0 Å². The molecular weight excluding hydrogens is 819 g/mol. The molecule has 0 amide bonds. The van der Waals surface area contributed by atoms with Gasteiger partial charge < -0.3 is 13.6 Å². The minimum atomic E-state index is 0.574. The van der Waals surface area contributed by atoms with Crippen molar-refractivity contribution in [3.05, 3.63) is 224 Å². The van der Waals surface area contributed by atoms with Crippen LogP contribution >= 0.6 is 0 Å². The molecule has 10 aromatic carbocycles. The highest BCUT2D eigenvalue weighted by atomic mass is 16.3. The Bertz CT molecular complexity index is 4280. The van der Waals surface area contributed by atoms with Crippen LogP contribution in [0.15, 0.2) is 229 Å². The summed E-state index contributed by atoms with van der Waals surface area (Å²) in [5, 5.41) is 9.29. The van der Waals surface area contributed by atoms with Gasteiger partial charge in [0.05, 0.1) is 27.8 Å². The predicted octanol–water partition coefficient (Wildman–Crippen LogP) is 15.8. The van der Waals surface area contributed by atoms with Crippen molar-refractivity contribution < 1.29 is 4.42 Å². The van der Waals surface area contributed by atoms with E-state index in [2.05, 4.69) is 203 Å². The van der Waals surface area contributed by atoms with Crippen LogP contribution in [0.25, 0.3) is 133 Å². The van der Waals surface area contributed by atoms with Crippen LogP contribution in [-0.2, 0) is 0 Å². The fourth-order valence-corrected chi connectivity index (χ4v) is 10.3. The summed E-state index contributed by atoms with van der Waals surface area (Å²) in [4.78, 5) is 15.8. The molecule has 0 aliphatic carbocycles. The fraction of sp³-hybridized carbons (Fsp3) is 0. The smallest absolute Gasteiger partial charge is 0.164 e. The summed E-state index contributed by atoms with van der Waals surface area (Å²) in [5.41, 5.74) is 12.9. The highest BCUT2D eigenvalue weighted by Gasteiger charge is 2.22. The summed E-state index contributed by atoms with van der Waals surface area (Å²) in [5.74, 6) is 1.77. The third kappa shape index (κ3) is 5.86. The zero-order chi connectivity index (χ0) is 44.0. The van der Waals surface area contributed by atoms with Crippen LogP contribution in [0.5, 0.6) is 0 Å². The molecule has 0 radical (unpaired) electrons. The molecule has 0 saturated carbocycles. The molecule has 6 heteroatoms. The Morgan fingerprint density at radius 3 is 1.64 bits per heavy atom. The number of rotatable bonds is 6. The predicted molar refractivity (Wildman–Crippen MR) is 275 cm³/mol. The summed E-state index contributed by atoms with van der Waals surface area (Å²) in [6.45, 7) is 0. The van der Waals surface area contributed by atoms with Gasteiger partial charge in [-0.1, -0.05) is 158 Å². The Kier molecular flexibility index (Phi) is 8.18. The first kappa shape index (κ1) is 37.3. The molecule has 4 heterocycles. The van der Waals surface area contributed by atoms with E-state index in [-0.39, 0.29) is 0 Å². The lowest BCUT2D eigenvalue weighted by molar-refractivity contribution is 0.670. The SMILES string of the molecule is c1ccc(-c2nc(-c3ccc(-n4c5ccccc5c5cc6ccccc6cc54)c(-c4cccc5c4oc4ccccc45)c3)nc(-c3ccc4c5ccccc5n(-c5ccccc5)c4c3)n2)cc1. The Labute approximate surface area is 384 Å². The second kappa shape index (κ2) is 14.7. The highest BCUT2D eigenvalue weighted by molar-refractivity contribution is 6.15. The standard InChI is InChI=1S/C61H37N5O/c1-3-16-38(17-4-1)59-62-60(64-61(63-59)42-30-32-46-44-22-9-12-27-52(44)65(55(46)37-42)43-20-5-2-6-21-43)41-31-33-54(51(35-41)49-26-15-25-48-47-24-11-14-29-57(47)67-58(48)49)66-53-28-13-10-23-45(53)50-34-39-18-7-8-19-40(39)36-56(50)66/h1-37H. The number of nitrogens with zero attached hydrogens (tertiary/aromatic N) is 5. The fourth-order valence-electron chi connectivity index (χ4n) is 10.3. The van der Waals surface area contributed by atoms with Crippen molar-refractivity contribution in [3.63, 3.8) is 0 Å². The molecule has 14 aromatic rings. The Morgan fingerprint density at radius 2 is 0.866 bits per heavy atom. The van der Waals surface area contributed by atoms with Crippen LogP contribution in [0, 0.1) is 0 Å². The van der Waals surface area contributed by atoms with Gasteiger partial charge in [0.1, 0.15) is 11.2 Å². The third-order valence-electron chi connectivity index (χ3n) is 13.3. The number of furan rings is 1. The third-order valence-corrected chi connectivity index (χ3v) is 13.3. The minimum absolute atomic E-state index is 0.574. The van der Waals surface area contributed by atoms with Crippen molar-refractivity contribution in [3.8, 4) is 56.7 Å². The Balaban J connectivity index is 1.03. The lowest BCUT2D eigenvalue weighted by Crippen LogP contribution is -2.02. The van der Waals surface area contributed by atoms with Crippen LogP contribution in [0.3, 0.4) is 0 Å². The van der Waals surface area contributed by atoms with E-state index in [1.54, 1.807) is 0 Å². The topological polar surface area (TPSA) is 61.7 Å². The van der Waals surface area contributed by atoms with Crippen LogP contribution < -0.4 is 0 Å². The van der Waals surface area contributed by atoms with Crippen molar-refractivity contribution in [2.24, 2.45) is 0 Å². The van der Waals surface area contributed by atoms with Crippen molar-refractivity contribution in [2.75, 3.05) is 0 Å². The first-order valence-corrected chi connectivity index (χ1v) is 22.6. The molecule has 0 saturated heterocycles. The van der Waals surface area contributed by atoms with E-state index in [9.17, 15) is 0 Å². The minimum Gasteiger partial charge on any atom is -0.455 e. The van der Waals surface area contributed by atoms with E-state index in [1.165, 1.54) is 32.3 Å². The lowest BCUT2D eigenvalue weighted by atomic mass is 9.97. The molecule has 312 valence electrons. The van der Waals surface area contributed by atoms with Crippen molar-refractivity contribution in [1.82, 2.24) is 24.1 Å². The van der Waals surface area contributed by atoms with Crippen molar-refractivity contribution in [1.29, 1.82) is 0 Å². The number of benzene rings is 10. The molecule has 0 unspecified atom stereocenters. The molecule has 6 nitrogen and oxygen atoms in total. The van der Waals surface area contributed by atoms with Crippen molar-refractivity contribution >= 4 is 76.3 Å². The molecule has 0 atom stereocenters. The molecular formula is C61H37N5O. The van der Waals surface area contributed by atoms with E-state index >= 15 is 0 Å². The molecule has 67 heavy (non-hydrogen) atoms. The summed E-state index contributed by atoms with van der Waals surface area (Å²) >= 11 is 0. The zero-order valence-electron chi connectivity index (χ0n) is 36.0. The number of fused-ring (bicyclic) bond motifs is 10. The van der Waals surface area contributed by atoms with Gasteiger partial charge in [0.25, 0.3) is 0 Å². The van der Waals surface area contributed by atoms with Crippen LogP contribution in [0.2, 0.25) is 0 Å². The largest absolute Gasteiger partial charge is 0.455 e. The van der Waals surface area contributed by atoms with Gasteiger partial charge in [-0.3, -0.25) is 0 Å². The Hall–Kier alpha value is -9.13. The maximum absolute atomic E-state index is 6.79. The average Bonchev–Trinajstić information content (AvgIpc) is 4.05. The molecule has 0 fully saturated rings. The molecule has 0 spiro atoms. The normalized spacial score (nSPS) is 11.9. The van der Waals surface area contributed by atoms with Gasteiger partial charge in [-0.25, -0.2) is 15.0 Å². The van der Waals surface area contributed by atoms with Crippen LogP contribution in [0.4, 0.5) is 0 Å². The molecule has 14 rings (SSSR count). The molecule has 4 aromatic heterocycles. The van der Waals surface area contributed by atoms with E-state index in [0.29, 0.717) is 17.5 Å². The number of hydrogen-bond acceptors (Lipinski definition) is 4. The summed E-state index contributed by atoms with van der Waals surface area (Å²) < 4.78 is 11.5. The quantitative estimate of drug-likeness (QED) is 0.167. The number of para-hydroxylation sites is 5. The molecule has 0 aliphatic heterocycles. The Morgan fingerprint density at radius 1 is 0.313 bits per heavy atom. The molecule has 0 bridgehead atoms. The van der Waals surface area contributed by atoms with Gasteiger partial charge >= 0.3 is 0 Å². The van der Waals surface area contributed by atoms with Crippen molar-refractivity contribution in [2.45, 2.75) is 0 Å². The first-order valence-electron chi connectivity index (χ1n) is 22.6. The monoisotopic (exact) mass is 855 g/mol. The van der Waals surface area contributed by atoms with Gasteiger partial charge in [0, 0.05) is 65.8 Å². The van der Waals surface area contributed by atoms with E-state index < -0.39 is 0 Å². The highest BCUT2D eigenvalue weighted by Crippen LogP contribution is 2.43.